The Kier molecular flexibility index (Phi) is 4.91. The van der Waals surface area contributed by atoms with Gasteiger partial charge in [0.2, 0.25) is 0 Å². The number of piperidine rings is 1. The highest BCUT2D eigenvalue weighted by Crippen LogP contribution is 2.31. The van der Waals surface area contributed by atoms with Crippen LogP contribution in [0, 0.1) is 0 Å². The van der Waals surface area contributed by atoms with Gasteiger partial charge in [-0.3, -0.25) is 0 Å². The third-order valence-corrected chi connectivity index (χ3v) is 4.02. The summed E-state index contributed by atoms with van der Waals surface area (Å²) in [6.07, 6.45) is -0.881. The van der Waals surface area contributed by atoms with E-state index in [-0.39, 0.29) is 12.5 Å². The van der Waals surface area contributed by atoms with Crippen LogP contribution in [0.4, 0.5) is 9.18 Å². The fourth-order valence-corrected chi connectivity index (χ4v) is 2.75. The van der Waals surface area contributed by atoms with Crippen LogP contribution in [0.3, 0.4) is 0 Å². The van der Waals surface area contributed by atoms with E-state index in [0.717, 1.165) is 10.0 Å². The molecule has 0 aliphatic carbocycles. The molecule has 0 aromatic heterocycles. The molecule has 1 heterocycles. The van der Waals surface area contributed by atoms with Crippen molar-refractivity contribution in [3.8, 4) is 0 Å². The maximum atomic E-state index is 14.4. The number of ether oxygens (including phenoxy) is 1. The van der Waals surface area contributed by atoms with Gasteiger partial charge in [0.15, 0.2) is 0 Å². The highest BCUT2D eigenvalue weighted by Gasteiger charge is 2.34. The molecule has 0 spiro atoms. The van der Waals surface area contributed by atoms with E-state index in [1.807, 2.05) is 45.0 Å². The Morgan fingerprint density at radius 2 is 1.95 bits per heavy atom. The normalized spacial score (nSPS) is 23.0. The van der Waals surface area contributed by atoms with E-state index in [2.05, 4.69) is 15.9 Å². The quantitative estimate of drug-likeness (QED) is 0.739. The molecule has 1 aliphatic heterocycles. The van der Waals surface area contributed by atoms with Gasteiger partial charge in [0.1, 0.15) is 11.8 Å². The Morgan fingerprint density at radius 3 is 2.48 bits per heavy atom. The van der Waals surface area contributed by atoms with Gasteiger partial charge in [-0.15, -0.1) is 0 Å². The number of nitrogens with zero attached hydrogens (tertiary/aromatic N) is 1. The number of carbonyl (C=O) groups is 1. The van der Waals surface area contributed by atoms with Crippen LogP contribution in [0.5, 0.6) is 0 Å². The number of hydrogen-bond donors (Lipinski definition) is 0. The van der Waals surface area contributed by atoms with E-state index in [4.69, 9.17) is 4.74 Å². The SMILES string of the molecule is CC(C)(C)OC(=O)N1CC[C@@H](c2ccc(Br)cc2)[C@H](F)C1. The number of likely N-dealkylation sites (tertiary alicyclic amines) is 1. The predicted molar refractivity (Wildman–Crippen MR) is 84.2 cm³/mol. The lowest BCUT2D eigenvalue weighted by Crippen LogP contribution is -2.46. The zero-order valence-corrected chi connectivity index (χ0v) is 14.2. The van der Waals surface area contributed by atoms with Crippen molar-refractivity contribution in [1.82, 2.24) is 4.90 Å². The molecule has 0 unspecified atom stereocenters. The lowest BCUT2D eigenvalue weighted by atomic mass is 9.88. The predicted octanol–water partition coefficient (Wildman–Crippen LogP) is 4.51. The average molecular weight is 358 g/mol. The first-order chi connectivity index (χ1) is 9.76. The van der Waals surface area contributed by atoms with Gasteiger partial charge < -0.3 is 9.64 Å². The Hall–Kier alpha value is -1.10. The minimum atomic E-state index is -1.06. The molecule has 5 heteroatoms. The fourth-order valence-electron chi connectivity index (χ4n) is 2.48. The molecule has 0 saturated carbocycles. The molecule has 3 nitrogen and oxygen atoms in total. The van der Waals surface area contributed by atoms with E-state index in [0.29, 0.717) is 13.0 Å². The van der Waals surface area contributed by atoms with Crippen molar-refractivity contribution in [3.05, 3.63) is 34.3 Å². The summed E-state index contributed by atoms with van der Waals surface area (Å²) in [5.74, 6) is -0.156. The average Bonchev–Trinajstić information content (AvgIpc) is 2.38. The molecule has 21 heavy (non-hydrogen) atoms. The van der Waals surface area contributed by atoms with Crippen molar-refractivity contribution in [2.45, 2.75) is 44.9 Å². The standard InChI is InChI=1S/C16H21BrFNO2/c1-16(2,3)21-15(20)19-9-8-13(14(18)10-19)11-4-6-12(17)7-5-11/h4-7,13-14H,8-10H2,1-3H3/t13-,14+/m0/s1. The van der Waals surface area contributed by atoms with Crippen LogP contribution in [0.15, 0.2) is 28.7 Å². The summed E-state index contributed by atoms with van der Waals surface area (Å²) in [5, 5.41) is 0. The number of alkyl halides is 1. The molecular weight excluding hydrogens is 337 g/mol. The van der Waals surface area contributed by atoms with Gasteiger partial charge in [0, 0.05) is 16.9 Å². The van der Waals surface area contributed by atoms with Gasteiger partial charge in [-0.25, -0.2) is 9.18 Å². The zero-order valence-electron chi connectivity index (χ0n) is 12.6. The van der Waals surface area contributed by atoms with Crippen LogP contribution in [0.2, 0.25) is 0 Å². The van der Waals surface area contributed by atoms with Gasteiger partial charge in [-0.1, -0.05) is 28.1 Å². The molecule has 2 atom stereocenters. The molecule has 116 valence electrons. The summed E-state index contributed by atoms with van der Waals surface area (Å²) in [4.78, 5) is 13.4. The molecule has 1 fully saturated rings. The van der Waals surface area contributed by atoms with E-state index in [9.17, 15) is 9.18 Å². The van der Waals surface area contributed by atoms with Crippen LogP contribution in [0.25, 0.3) is 0 Å². The summed E-state index contributed by atoms with van der Waals surface area (Å²) in [7, 11) is 0. The van der Waals surface area contributed by atoms with Crippen LogP contribution in [0.1, 0.15) is 38.7 Å². The lowest BCUT2D eigenvalue weighted by molar-refractivity contribution is 0.0111. The minimum Gasteiger partial charge on any atom is -0.444 e. The summed E-state index contributed by atoms with van der Waals surface area (Å²) in [5.41, 5.74) is 0.431. The van der Waals surface area contributed by atoms with Gasteiger partial charge in [-0.05, 0) is 44.9 Å². The summed E-state index contributed by atoms with van der Waals surface area (Å²) >= 11 is 3.38. The van der Waals surface area contributed by atoms with Crippen molar-refractivity contribution in [2.24, 2.45) is 0 Å². The maximum Gasteiger partial charge on any atom is 0.410 e. The molecule has 0 N–H and O–H groups in total. The van der Waals surface area contributed by atoms with Crippen molar-refractivity contribution in [3.63, 3.8) is 0 Å². The Bertz CT molecular complexity index is 498. The second-order valence-electron chi connectivity index (χ2n) is 6.39. The first-order valence-corrected chi connectivity index (χ1v) is 7.93. The number of hydrogen-bond acceptors (Lipinski definition) is 2. The van der Waals surface area contributed by atoms with Gasteiger partial charge in [0.05, 0.1) is 6.54 Å². The molecule has 1 aromatic rings. The first-order valence-electron chi connectivity index (χ1n) is 7.14. The number of amides is 1. The van der Waals surface area contributed by atoms with Crippen LogP contribution >= 0.6 is 15.9 Å². The molecule has 1 aromatic carbocycles. The second-order valence-corrected chi connectivity index (χ2v) is 7.30. The van der Waals surface area contributed by atoms with Crippen molar-refractivity contribution >= 4 is 22.0 Å². The first kappa shape index (κ1) is 16.3. The molecule has 0 radical (unpaired) electrons. The summed E-state index contributed by atoms with van der Waals surface area (Å²) in [6, 6.07) is 7.71. The van der Waals surface area contributed by atoms with Crippen molar-refractivity contribution in [1.29, 1.82) is 0 Å². The van der Waals surface area contributed by atoms with E-state index in [1.165, 1.54) is 4.90 Å². The monoisotopic (exact) mass is 357 g/mol. The second kappa shape index (κ2) is 6.34. The molecular formula is C16H21BrFNO2. The summed E-state index contributed by atoms with van der Waals surface area (Å²) < 4.78 is 20.7. The number of benzene rings is 1. The van der Waals surface area contributed by atoms with E-state index >= 15 is 0 Å². The summed E-state index contributed by atoms with van der Waals surface area (Å²) in [6.45, 7) is 6.05. The van der Waals surface area contributed by atoms with E-state index < -0.39 is 17.9 Å². The Labute approximate surface area is 133 Å². The molecule has 1 aliphatic rings. The van der Waals surface area contributed by atoms with Gasteiger partial charge in [0.25, 0.3) is 0 Å². The fraction of sp³-hybridized carbons (Fsp3) is 0.562. The maximum absolute atomic E-state index is 14.4. The van der Waals surface area contributed by atoms with Gasteiger partial charge in [-0.2, -0.15) is 0 Å². The number of carbonyl (C=O) groups excluding carboxylic acids is 1. The number of halogens is 2. The van der Waals surface area contributed by atoms with Crippen molar-refractivity contribution < 1.29 is 13.9 Å². The van der Waals surface area contributed by atoms with E-state index in [1.54, 1.807) is 0 Å². The molecule has 0 bridgehead atoms. The third kappa shape index (κ3) is 4.43. The van der Waals surface area contributed by atoms with Crippen LogP contribution < -0.4 is 0 Å². The molecule has 1 saturated heterocycles. The highest BCUT2D eigenvalue weighted by atomic mass is 79.9. The Morgan fingerprint density at radius 1 is 1.33 bits per heavy atom. The third-order valence-electron chi connectivity index (χ3n) is 3.49. The van der Waals surface area contributed by atoms with Crippen LogP contribution in [-0.4, -0.2) is 35.9 Å². The van der Waals surface area contributed by atoms with Gasteiger partial charge >= 0.3 is 6.09 Å². The molecule has 2 rings (SSSR count). The largest absolute Gasteiger partial charge is 0.444 e. The van der Waals surface area contributed by atoms with Crippen molar-refractivity contribution in [2.75, 3.05) is 13.1 Å². The number of rotatable bonds is 1. The Balaban J connectivity index is 1.99. The lowest BCUT2D eigenvalue weighted by Gasteiger charge is -2.35. The molecule has 1 amide bonds. The highest BCUT2D eigenvalue weighted by molar-refractivity contribution is 9.10. The smallest absolute Gasteiger partial charge is 0.410 e. The van der Waals surface area contributed by atoms with Crippen LogP contribution in [-0.2, 0) is 4.74 Å². The minimum absolute atomic E-state index is 0.0929. The zero-order chi connectivity index (χ0) is 15.6. The topological polar surface area (TPSA) is 29.5 Å².